The summed E-state index contributed by atoms with van der Waals surface area (Å²) in [6, 6.07) is 14.3. The zero-order chi connectivity index (χ0) is 20.5. The number of piperidine rings is 1. The molecule has 0 atom stereocenters. The molecule has 1 saturated heterocycles. The predicted octanol–water partition coefficient (Wildman–Crippen LogP) is 3.36. The fourth-order valence-electron chi connectivity index (χ4n) is 3.75. The first-order valence-electron chi connectivity index (χ1n) is 9.74. The van der Waals surface area contributed by atoms with Gasteiger partial charge in [-0.05, 0) is 55.3 Å². The molecule has 0 saturated carbocycles. The molecule has 150 valence electrons. The van der Waals surface area contributed by atoms with Gasteiger partial charge in [-0.3, -0.25) is 4.79 Å². The van der Waals surface area contributed by atoms with E-state index in [1.807, 2.05) is 23.1 Å². The van der Waals surface area contributed by atoms with Crippen LogP contribution in [0, 0.1) is 11.3 Å². The third-order valence-electron chi connectivity index (χ3n) is 5.46. The number of carbonyl (C=O) groups excluding carboxylic acids is 1. The monoisotopic (exact) mass is 402 g/mol. The van der Waals surface area contributed by atoms with Crippen LogP contribution in [0.15, 0.2) is 47.0 Å². The number of nitriles is 1. The van der Waals surface area contributed by atoms with Crippen molar-refractivity contribution in [1.82, 2.24) is 15.0 Å². The quantitative estimate of drug-likeness (QED) is 0.662. The summed E-state index contributed by atoms with van der Waals surface area (Å²) >= 11 is 0. The molecule has 1 fully saturated rings. The number of hydrogen-bond acceptors (Lipinski definition) is 7. The fourth-order valence-corrected chi connectivity index (χ4v) is 3.75. The number of benzene rings is 2. The van der Waals surface area contributed by atoms with Crippen molar-refractivity contribution in [2.75, 3.05) is 19.9 Å². The van der Waals surface area contributed by atoms with Gasteiger partial charge in [0.05, 0.1) is 11.6 Å². The zero-order valence-corrected chi connectivity index (χ0v) is 16.1. The van der Waals surface area contributed by atoms with Crippen LogP contribution in [0.5, 0.6) is 11.5 Å². The maximum absolute atomic E-state index is 12.7. The Morgan fingerprint density at radius 3 is 2.60 bits per heavy atom. The van der Waals surface area contributed by atoms with Crippen LogP contribution in [0.3, 0.4) is 0 Å². The van der Waals surface area contributed by atoms with E-state index in [4.69, 9.17) is 19.3 Å². The van der Waals surface area contributed by atoms with Gasteiger partial charge in [-0.15, -0.1) is 0 Å². The molecule has 2 aromatic carbocycles. The molecular weight excluding hydrogens is 384 g/mol. The molecule has 0 spiro atoms. The molecule has 2 aliphatic rings. The standard InChI is InChI=1S/C22H18N4O4/c23-12-14-1-3-16(4-2-14)22(27)26-9-7-15(8-10-26)21-24-20(25-30-21)17-5-6-18-19(11-17)29-13-28-18/h1-6,11,15H,7-10,13H2. The minimum Gasteiger partial charge on any atom is -0.454 e. The molecule has 8 heteroatoms. The Morgan fingerprint density at radius 2 is 1.83 bits per heavy atom. The highest BCUT2D eigenvalue weighted by atomic mass is 16.7. The number of carbonyl (C=O) groups is 1. The average molecular weight is 402 g/mol. The third-order valence-corrected chi connectivity index (χ3v) is 5.46. The van der Waals surface area contributed by atoms with Crippen LogP contribution in [-0.4, -0.2) is 40.8 Å². The Balaban J connectivity index is 1.24. The largest absolute Gasteiger partial charge is 0.454 e. The van der Waals surface area contributed by atoms with Crippen molar-refractivity contribution in [1.29, 1.82) is 5.26 Å². The molecule has 8 nitrogen and oxygen atoms in total. The van der Waals surface area contributed by atoms with Gasteiger partial charge in [0.25, 0.3) is 5.91 Å². The van der Waals surface area contributed by atoms with Crippen LogP contribution in [-0.2, 0) is 0 Å². The van der Waals surface area contributed by atoms with Gasteiger partial charge < -0.3 is 18.9 Å². The number of amides is 1. The second-order valence-electron chi connectivity index (χ2n) is 7.28. The van der Waals surface area contributed by atoms with E-state index in [2.05, 4.69) is 16.2 Å². The first kappa shape index (κ1) is 18.2. The molecule has 2 aliphatic heterocycles. The summed E-state index contributed by atoms with van der Waals surface area (Å²) in [5.41, 5.74) is 1.94. The topological polar surface area (TPSA) is 101 Å². The Hall–Kier alpha value is -3.86. The van der Waals surface area contributed by atoms with E-state index in [0.717, 1.165) is 18.4 Å². The number of hydrogen-bond donors (Lipinski definition) is 0. The summed E-state index contributed by atoms with van der Waals surface area (Å²) in [5.74, 6) is 2.58. The van der Waals surface area contributed by atoms with Gasteiger partial charge in [-0.1, -0.05) is 5.16 Å². The second kappa shape index (κ2) is 7.52. The summed E-state index contributed by atoms with van der Waals surface area (Å²) in [7, 11) is 0. The van der Waals surface area contributed by atoms with Crippen LogP contribution in [0.1, 0.15) is 40.6 Å². The lowest BCUT2D eigenvalue weighted by Crippen LogP contribution is -2.38. The predicted molar refractivity (Wildman–Crippen MR) is 105 cm³/mol. The number of aromatic nitrogens is 2. The lowest BCUT2D eigenvalue weighted by Gasteiger charge is -2.30. The number of likely N-dealkylation sites (tertiary alicyclic amines) is 1. The molecule has 5 rings (SSSR count). The summed E-state index contributed by atoms with van der Waals surface area (Å²) in [6.45, 7) is 1.45. The van der Waals surface area contributed by atoms with Gasteiger partial charge in [-0.25, -0.2) is 0 Å². The van der Waals surface area contributed by atoms with Crippen molar-refractivity contribution in [3.05, 3.63) is 59.5 Å². The van der Waals surface area contributed by atoms with E-state index in [9.17, 15) is 4.79 Å². The molecule has 1 aromatic heterocycles. The summed E-state index contributed by atoms with van der Waals surface area (Å²) in [4.78, 5) is 19.1. The van der Waals surface area contributed by atoms with Crippen LogP contribution in [0.2, 0.25) is 0 Å². The fraction of sp³-hybridized carbons (Fsp3) is 0.273. The highest BCUT2D eigenvalue weighted by molar-refractivity contribution is 5.94. The Kier molecular flexibility index (Phi) is 4.56. The van der Waals surface area contributed by atoms with Crippen molar-refractivity contribution in [2.45, 2.75) is 18.8 Å². The number of nitrogens with zero attached hydrogens (tertiary/aromatic N) is 4. The van der Waals surface area contributed by atoms with Crippen LogP contribution in [0.25, 0.3) is 11.4 Å². The van der Waals surface area contributed by atoms with Gasteiger partial charge in [0.15, 0.2) is 11.5 Å². The van der Waals surface area contributed by atoms with Crippen molar-refractivity contribution in [3.8, 4) is 29.0 Å². The van der Waals surface area contributed by atoms with Gasteiger partial charge in [0.1, 0.15) is 0 Å². The lowest BCUT2D eigenvalue weighted by atomic mass is 9.96. The maximum atomic E-state index is 12.7. The molecule has 3 aromatic rings. The first-order chi connectivity index (χ1) is 14.7. The maximum Gasteiger partial charge on any atom is 0.253 e. The summed E-state index contributed by atoms with van der Waals surface area (Å²) in [6.07, 6.45) is 1.51. The van der Waals surface area contributed by atoms with E-state index in [-0.39, 0.29) is 18.6 Å². The smallest absolute Gasteiger partial charge is 0.253 e. The molecular formula is C22H18N4O4. The molecule has 30 heavy (non-hydrogen) atoms. The van der Waals surface area contributed by atoms with Crippen molar-refractivity contribution < 1.29 is 18.8 Å². The Morgan fingerprint density at radius 1 is 1.07 bits per heavy atom. The van der Waals surface area contributed by atoms with E-state index < -0.39 is 0 Å². The summed E-state index contributed by atoms with van der Waals surface area (Å²) < 4.78 is 16.3. The molecule has 1 amide bonds. The number of rotatable bonds is 3. The molecule has 0 aliphatic carbocycles. The SMILES string of the molecule is N#Cc1ccc(C(=O)N2CCC(c3nc(-c4ccc5c(c4)OCO5)no3)CC2)cc1. The number of fused-ring (bicyclic) bond motifs is 1. The highest BCUT2D eigenvalue weighted by Gasteiger charge is 2.28. The third kappa shape index (κ3) is 3.35. The van der Waals surface area contributed by atoms with E-state index in [1.165, 1.54) is 0 Å². The molecule has 0 N–H and O–H groups in total. The van der Waals surface area contributed by atoms with Gasteiger partial charge in [0, 0.05) is 30.1 Å². The van der Waals surface area contributed by atoms with Gasteiger partial charge in [0.2, 0.25) is 18.5 Å². The van der Waals surface area contributed by atoms with Crippen LogP contribution in [0.4, 0.5) is 0 Å². The highest BCUT2D eigenvalue weighted by Crippen LogP contribution is 2.36. The normalized spacial score (nSPS) is 15.8. The molecule has 3 heterocycles. The van der Waals surface area contributed by atoms with Crippen molar-refractivity contribution >= 4 is 5.91 Å². The lowest BCUT2D eigenvalue weighted by molar-refractivity contribution is 0.0704. The van der Waals surface area contributed by atoms with Gasteiger partial charge >= 0.3 is 0 Å². The number of ether oxygens (including phenoxy) is 2. The molecule has 0 bridgehead atoms. The van der Waals surface area contributed by atoms with Crippen molar-refractivity contribution in [3.63, 3.8) is 0 Å². The van der Waals surface area contributed by atoms with Crippen LogP contribution < -0.4 is 9.47 Å². The summed E-state index contributed by atoms with van der Waals surface area (Å²) in [5, 5.41) is 13.0. The van der Waals surface area contributed by atoms with E-state index >= 15 is 0 Å². The average Bonchev–Trinajstić information content (AvgIpc) is 3.48. The van der Waals surface area contributed by atoms with Gasteiger partial charge in [-0.2, -0.15) is 10.2 Å². The molecule has 0 unspecified atom stereocenters. The first-order valence-corrected chi connectivity index (χ1v) is 9.74. The van der Waals surface area contributed by atoms with E-state index in [0.29, 0.717) is 47.4 Å². The van der Waals surface area contributed by atoms with E-state index in [1.54, 1.807) is 24.3 Å². The molecule has 0 radical (unpaired) electrons. The zero-order valence-electron chi connectivity index (χ0n) is 16.1. The minimum absolute atomic E-state index is 0.0236. The second-order valence-corrected chi connectivity index (χ2v) is 7.28. The Bertz CT molecular complexity index is 1120. The van der Waals surface area contributed by atoms with Crippen molar-refractivity contribution in [2.24, 2.45) is 0 Å². The minimum atomic E-state index is -0.0236. The Labute approximate surface area is 172 Å². The van der Waals surface area contributed by atoms with Crippen LogP contribution >= 0.6 is 0 Å².